The number of thioether (sulfide) groups is 2. The zero-order chi connectivity index (χ0) is 15.6. The summed E-state index contributed by atoms with van der Waals surface area (Å²) < 4.78 is 15.4. The fourth-order valence-corrected chi connectivity index (χ4v) is 4.84. The zero-order valence-corrected chi connectivity index (χ0v) is 14.0. The van der Waals surface area contributed by atoms with Gasteiger partial charge in [0, 0.05) is 5.75 Å². The largest absolute Gasteiger partial charge is 0.302 e. The molecule has 1 aliphatic rings. The summed E-state index contributed by atoms with van der Waals surface area (Å²) in [5, 5.41) is 1.27. The lowest BCUT2D eigenvalue weighted by Gasteiger charge is -2.10. The van der Waals surface area contributed by atoms with E-state index in [0.29, 0.717) is 11.1 Å². The van der Waals surface area contributed by atoms with Crippen LogP contribution >= 0.6 is 23.5 Å². The SMILES string of the molecule is Fc1cccc(CSc2ncnc3c2ncn3C2CCCS2)c1. The molecule has 1 aromatic carbocycles. The van der Waals surface area contributed by atoms with Gasteiger partial charge >= 0.3 is 0 Å². The molecule has 3 aromatic rings. The zero-order valence-electron chi connectivity index (χ0n) is 12.4. The van der Waals surface area contributed by atoms with Gasteiger partial charge in [-0.25, -0.2) is 19.3 Å². The average molecular weight is 346 g/mol. The maximum absolute atomic E-state index is 13.3. The Labute approximate surface area is 141 Å². The third-order valence-corrected chi connectivity index (χ3v) is 6.23. The second-order valence-electron chi connectivity index (χ2n) is 5.39. The van der Waals surface area contributed by atoms with Crippen molar-refractivity contribution in [1.29, 1.82) is 0 Å². The average Bonchev–Trinajstić information content (AvgIpc) is 3.22. The lowest BCUT2D eigenvalue weighted by molar-refractivity contribution is 0.626. The first-order chi connectivity index (χ1) is 11.3. The molecule has 0 bridgehead atoms. The van der Waals surface area contributed by atoms with Crippen LogP contribution in [0.15, 0.2) is 41.9 Å². The molecule has 3 heterocycles. The summed E-state index contributed by atoms with van der Waals surface area (Å²) in [4.78, 5) is 13.3. The standard InChI is InChI=1S/C16H15FN4S2/c17-12-4-1-3-11(7-12)8-23-16-14-15(18-9-19-16)21(10-20-14)13-5-2-6-22-13/h1,3-4,7,9-10,13H,2,5-6,8H2. The molecule has 1 unspecified atom stereocenters. The predicted octanol–water partition coefficient (Wildman–Crippen LogP) is 4.28. The molecule has 0 amide bonds. The van der Waals surface area contributed by atoms with Crippen molar-refractivity contribution in [3.05, 3.63) is 48.3 Å². The molecule has 2 aromatic heterocycles. The minimum atomic E-state index is -0.210. The molecular formula is C16H15FN4S2. The van der Waals surface area contributed by atoms with Crippen molar-refractivity contribution in [2.45, 2.75) is 29.0 Å². The van der Waals surface area contributed by atoms with Crippen LogP contribution in [0.25, 0.3) is 11.2 Å². The fourth-order valence-electron chi connectivity index (χ4n) is 2.71. The van der Waals surface area contributed by atoms with Gasteiger partial charge in [0.25, 0.3) is 0 Å². The highest BCUT2D eigenvalue weighted by atomic mass is 32.2. The Hall–Kier alpha value is -1.60. The Morgan fingerprint density at radius 2 is 2.26 bits per heavy atom. The van der Waals surface area contributed by atoms with Crippen LogP contribution < -0.4 is 0 Å². The first-order valence-corrected chi connectivity index (χ1v) is 9.51. The van der Waals surface area contributed by atoms with E-state index < -0.39 is 0 Å². The first kappa shape index (κ1) is 15.0. The number of halogens is 1. The Kier molecular flexibility index (Phi) is 4.22. The molecule has 0 N–H and O–H groups in total. The molecule has 0 spiro atoms. The number of imidazole rings is 1. The van der Waals surface area contributed by atoms with Gasteiger partial charge < -0.3 is 4.57 Å². The molecular weight excluding hydrogens is 331 g/mol. The summed E-state index contributed by atoms with van der Waals surface area (Å²) in [5.74, 6) is 1.64. The Morgan fingerprint density at radius 3 is 3.09 bits per heavy atom. The minimum Gasteiger partial charge on any atom is -0.302 e. The number of hydrogen-bond donors (Lipinski definition) is 0. The molecule has 23 heavy (non-hydrogen) atoms. The number of fused-ring (bicyclic) bond motifs is 1. The highest BCUT2D eigenvalue weighted by Gasteiger charge is 2.21. The van der Waals surface area contributed by atoms with Crippen LogP contribution in [0, 0.1) is 5.82 Å². The van der Waals surface area contributed by atoms with E-state index >= 15 is 0 Å². The van der Waals surface area contributed by atoms with E-state index in [0.717, 1.165) is 28.2 Å². The molecule has 118 valence electrons. The van der Waals surface area contributed by atoms with Crippen LogP contribution in [-0.4, -0.2) is 25.3 Å². The van der Waals surface area contributed by atoms with Gasteiger partial charge in [0.2, 0.25) is 0 Å². The normalized spacial score (nSPS) is 17.9. The van der Waals surface area contributed by atoms with Crippen LogP contribution in [-0.2, 0) is 5.75 Å². The second kappa shape index (κ2) is 6.49. The van der Waals surface area contributed by atoms with Crippen molar-refractivity contribution < 1.29 is 4.39 Å². The predicted molar refractivity (Wildman–Crippen MR) is 92.0 cm³/mol. The second-order valence-corrected chi connectivity index (χ2v) is 7.64. The maximum atomic E-state index is 13.3. The Balaban J connectivity index is 1.60. The molecule has 4 rings (SSSR count). The molecule has 0 saturated carbocycles. The number of nitrogens with zero attached hydrogens (tertiary/aromatic N) is 4. The fraction of sp³-hybridized carbons (Fsp3) is 0.312. The molecule has 1 atom stereocenters. The molecule has 1 aliphatic heterocycles. The van der Waals surface area contributed by atoms with Gasteiger partial charge in [-0.2, -0.15) is 0 Å². The molecule has 1 fully saturated rings. The Bertz CT molecular complexity index is 830. The van der Waals surface area contributed by atoms with Gasteiger partial charge in [0.05, 0.1) is 11.7 Å². The van der Waals surface area contributed by atoms with Crippen LogP contribution in [0.5, 0.6) is 0 Å². The topological polar surface area (TPSA) is 43.6 Å². The summed E-state index contributed by atoms with van der Waals surface area (Å²) >= 11 is 3.51. The van der Waals surface area contributed by atoms with E-state index in [1.165, 1.54) is 18.2 Å². The Morgan fingerprint density at radius 1 is 1.30 bits per heavy atom. The van der Waals surface area contributed by atoms with Crippen molar-refractivity contribution in [3.63, 3.8) is 0 Å². The van der Waals surface area contributed by atoms with E-state index in [9.17, 15) is 4.39 Å². The maximum Gasteiger partial charge on any atom is 0.165 e. The van der Waals surface area contributed by atoms with Gasteiger partial charge in [-0.1, -0.05) is 23.9 Å². The van der Waals surface area contributed by atoms with Gasteiger partial charge in [0.15, 0.2) is 5.65 Å². The number of rotatable bonds is 4. The third-order valence-electron chi connectivity index (χ3n) is 3.81. The van der Waals surface area contributed by atoms with Crippen LogP contribution in [0.3, 0.4) is 0 Å². The lowest BCUT2D eigenvalue weighted by Crippen LogP contribution is -2.01. The van der Waals surface area contributed by atoms with Crippen molar-refractivity contribution in [2.24, 2.45) is 0 Å². The quantitative estimate of drug-likeness (QED) is 0.521. The van der Waals surface area contributed by atoms with E-state index in [2.05, 4.69) is 19.5 Å². The van der Waals surface area contributed by atoms with Crippen LogP contribution in [0.4, 0.5) is 4.39 Å². The van der Waals surface area contributed by atoms with Gasteiger partial charge in [-0.05, 0) is 36.3 Å². The third kappa shape index (κ3) is 3.07. The van der Waals surface area contributed by atoms with Gasteiger partial charge in [-0.3, -0.25) is 0 Å². The van der Waals surface area contributed by atoms with E-state index in [1.54, 1.807) is 30.2 Å². The van der Waals surface area contributed by atoms with Crippen LogP contribution in [0.1, 0.15) is 23.8 Å². The van der Waals surface area contributed by atoms with Crippen LogP contribution in [0.2, 0.25) is 0 Å². The highest BCUT2D eigenvalue weighted by Crippen LogP contribution is 2.38. The molecule has 4 nitrogen and oxygen atoms in total. The van der Waals surface area contributed by atoms with Crippen molar-refractivity contribution >= 4 is 34.7 Å². The van der Waals surface area contributed by atoms with Crippen molar-refractivity contribution in [2.75, 3.05) is 5.75 Å². The molecule has 7 heteroatoms. The molecule has 1 saturated heterocycles. The van der Waals surface area contributed by atoms with Gasteiger partial charge in [-0.15, -0.1) is 11.8 Å². The lowest BCUT2D eigenvalue weighted by atomic mass is 10.2. The minimum absolute atomic E-state index is 0.210. The summed E-state index contributed by atoms with van der Waals surface area (Å²) in [6.07, 6.45) is 5.86. The van der Waals surface area contributed by atoms with Gasteiger partial charge in [0.1, 0.15) is 22.7 Å². The summed E-state index contributed by atoms with van der Waals surface area (Å²) in [6.45, 7) is 0. The number of hydrogen-bond acceptors (Lipinski definition) is 5. The van der Waals surface area contributed by atoms with E-state index in [-0.39, 0.29) is 5.82 Å². The van der Waals surface area contributed by atoms with Crippen molar-refractivity contribution in [1.82, 2.24) is 19.5 Å². The monoisotopic (exact) mass is 346 g/mol. The summed E-state index contributed by atoms with van der Waals surface area (Å²) in [6, 6.07) is 6.66. The summed E-state index contributed by atoms with van der Waals surface area (Å²) in [7, 11) is 0. The summed E-state index contributed by atoms with van der Waals surface area (Å²) in [5.41, 5.74) is 2.66. The smallest absolute Gasteiger partial charge is 0.165 e. The number of aromatic nitrogens is 4. The van der Waals surface area contributed by atoms with E-state index in [4.69, 9.17) is 0 Å². The van der Waals surface area contributed by atoms with Crippen molar-refractivity contribution in [3.8, 4) is 0 Å². The number of benzene rings is 1. The molecule has 0 aliphatic carbocycles. The van der Waals surface area contributed by atoms with E-state index in [1.807, 2.05) is 24.2 Å². The first-order valence-electron chi connectivity index (χ1n) is 7.47. The highest BCUT2D eigenvalue weighted by molar-refractivity contribution is 7.99. The molecule has 0 radical (unpaired) electrons.